The number of carbonyl (C=O) groups is 1. The summed E-state index contributed by atoms with van der Waals surface area (Å²) in [6, 6.07) is 3.37. The Hall–Kier alpha value is -4.99. The number of aromatic amines is 3. The van der Waals surface area contributed by atoms with Crippen LogP contribution in [0.2, 0.25) is 85.3 Å². The summed E-state index contributed by atoms with van der Waals surface area (Å²) in [5, 5.41) is 27.2. The number of nitrogens with one attached hydrogen (secondary N) is 5. The van der Waals surface area contributed by atoms with Crippen LogP contribution in [0.4, 0.5) is 48.9 Å². The zero-order chi connectivity index (χ0) is 89.6. The molecule has 0 radical (unpaired) electrons. The summed E-state index contributed by atoms with van der Waals surface area (Å²) in [5.41, 5.74) is 25.8. The number of carbonyl (C=O) groups excluding carboxylic acids is 1. The van der Waals surface area contributed by atoms with Gasteiger partial charge in [0.05, 0.1) is 63.8 Å². The minimum atomic E-state index is -5.00. The first kappa shape index (κ1) is 98.2. The Morgan fingerprint density at radius 3 is 1.44 bits per heavy atom. The van der Waals surface area contributed by atoms with Gasteiger partial charge in [-0.3, -0.25) is 10.1 Å². The molecule has 0 spiro atoms. The van der Waals surface area contributed by atoms with Crippen molar-refractivity contribution >= 4 is 293 Å². The molecule has 658 valence electrons. The molecule has 3 fully saturated rings. The van der Waals surface area contributed by atoms with Gasteiger partial charge in [0.25, 0.3) is 0 Å². The lowest BCUT2D eigenvalue weighted by atomic mass is 10.0. The molecule has 48 heteroatoms. The van der Waals surface area contributed by atoms with Crippen LogP contribution in [0.15, 0.2) is 49.3 Å². The number of halogens is 13. The van der Waals surface area contributed by atoms with Crippen molar-refractivity contribution in [3.8, 4) is 0 Å². The number of H-pyrrole nitrogens is 3. The predicted octanol–water partition coefficient (Wildman–Crippen LogP) is 19.4. The number of aliphatic hydroxyl groups excluding tert-OH is 2. The maximum Gasteiger partial charge on any atom is 0.471 e. The highest BCUT2D eigenvalue weighted by Crippen LogP contribution is 2.46. The molecule has 3 aliphatic heterocycles. The second kappa shape index (κ2) is 38.9. The maximum absolute atomic E-state index is 12.0. The van der Waals surface area contributed by atoms with E-state index in [0.717, 1.165) is 66.4 Å². The van der Waals surface area contributed by atoms with Gasteiger partial charge in [-0.05, 0) is 163 Å². The number of alkyl halides is 3. The number of nitrogens with zero attached hydrogens (tertiary/aromatic N) is 15. The SMILES string of the molecule is CC(C)(C)[Si](C)(C)Nc1nc(Cl)c2c(I)cn([C@H]3C[C@@H](O[Si](C)(C)C(C)(C)C)[C@@H](CO[Si](C)(C)C(C)(C)C)O3)c2n1.CC[C@H]1O[C@@H](n2cc(I)c3c(Cl)nc(N)nc32)C[C@H]1C.Nc1nc(Cl)c2c(I)c[nH]c2n1.Nc1nc(Cl)c2c(I)cn([C@H]3C[C@@H](O)[C@@H](CO)O3)c2n1.Nc1nc(Cl)c2cc[nH]c2n1.O=C(Nc1nc(Cl)c2cc[nH]c2n1)C(F)(F)F. The molecule has 0 saturated carbocycles. The molecule has 15 N–H and O–H groups in total. The first-order valence-corrected chi connectivity index (χ1v) is 53.2. The first-order chi connectivity index (χ1) is 56.1. The number of anilines is 6. The largest absolute Gasteiger partial charge is 0.471 e. The van der Waals surface area contributed by atoms with Gasteiger partial charge in [-0.15, -0.1) is 0 Å². The van der Waals surface area contributed by atoms with Gasteiger partial charge in [-0.25, -0.2) is 24.9 Å². The Balaban J connectivity index is 0.000000162. The van der Waals surface area contributed by atoms with Crippen LogP contribution >= 0.6 is 160 Å². The zero-order valence-electron chi connectivity index (χ0n) is 68.8. The van der Waals surface area contributed by atoms with Crippen molar-refractivity contribution in [3.05, 3.63) is 94.5 Å². The fourth-order valence-electron chi connectivity index (χ4n) is 12.2. The van der Waals surface area contributed by atoms with E-state index in [-0.39, 0.29) is 86.1 Å². The van der Waals surface area contributed by atoms with E-state index in [1.165, 1.54) is 11.5 Å². The van der Waals surface area contributed by atoms with Gasteiger partial charge in [-0.2, -0.15) is 48.1 Å². The summed E-state index contributed by atoms with van der Waals surface area (Å²) in [7, 11) is -5.93. The summed E-state index contributed by atoms with van der Waals surface area (Å²) in [5.74, 6) is -0.904. The van der Waals surface area contributed by atoms with Crippen LogP contribution in [0.25, 0.3) is 66.2 Å². The highest BCUT2D eigenvalue weighted by Gasteiger charge is 2.48. The minimum absolute atomic E-state index is 0.00803. The highest BCUT2D eigenvalue weighted by molar-refractivity contribution is 14.1. The third kappa shape index (κ3) is 22.9. The molecule has 15 rings (SSSR count). The summed E-state index contributed by atoms with van der Waals surface area (Å²) in [6.45, 7) is 38.9. The number of fused-ring (bicyclic) bond motifs is 6. The molecule has 0 aromatic carbocycles. The summed E-state index contributed by atoms with van der Waals surface area (Å²) < 4.78 is 78.0. The number of rotatable bonds is 13. The van der Waals surface area contributed by atoms with E-state index < -0.39 is 61.3 Å². The number of nitrogens with two attached hydrogens (primary N) is 4. The quantitative estimate of drug-likeness (QED) is 0.0290. The molecule has 12 aromatic heterocycles. The molecule has 15 heterocycles. The van der Waals surface area contributed by atoms with Crippen LogP contribution in [0.3, 0.4) is 0 Å². The van der Waals surface area contributed by atoms with Crippen LogP contribution in [-0.4, -0.2) is 179 Å². The predicted molar refractivity (Wildman–Crippen MR) is 512 cm³/mol. The summed E-state index contributed by atoms with van der Waals surface area (Å²) in [4.78, 5) is 71.7. The number of hydrogen-bond donors (Lipinski definition) is 11. The monoisotopic (exact) mass is 2290 g/mol. The number of amides is 1. The molecule has 1 amide bonds. The molecular weight excluding hydrogens is 2200 g/mol. The van der Waals surface area contributed by atoms with Crippen molar-refractivity contribution in [1.82, 2.24) is 88.5 Å². The average Bonchev–Trinajstić information content (AvgIpc) is 1.62. The van der Waals surface area contributed by atoms with Crippen molar-refractivity contribution in [2.75, 3.05) is 46.4 Å². The van der Waals surface area contributed by atoms with Crippen molar-refractivity contribution < 1.29 is 51.2 Å². The first-order valence-electron chi connectivity index (χ1n) is 37.8. The lowest BCUT2D eigenvalue weighted by molar-refractivity contribution is -0.167. The van der Waals surface area contributed by atoms with Crippen LogP contribution in [0, 0.1) is 20.2 Å². The van der Waals surface area contributed by atoms with E-state index >= 15 is 0 Å². The lowest BCUT2D eigenvalue weighted by Crippen LogP contribution is -2.48. The summed E-state index contributed by atoms with van der Waals surface area (Å²) in [6.07, 6.45) is 7.16. The molecule has 0 aliphatic carbocycles. The van der Waals surface area contributed by atoms with E-state index in [0.29, 0.717) is 79.3 Å². The Labute approximate surface area is 782 Å². The molecule has 0 unspecified atom stereocenters. The third-order valence-electron chi connectivity index (χ3n) is 21.9. The molecular formula is C73H95Cl6F3I4N24O8Si3. The molecule has 9 atom stereocenters. The van der Waals surface area contributed by atoms with Gasteiger partial charge in [0.1, 0.15) is 95.7 Å². The Bertz CT molecular complexity index is 5620. The third-order valence-corrected chi connectivity index (χ3v) is 40.5. The van der Waals surface area contributed by atoms with Gasteiger partial charge in [0.15, 0.2) is 24.9 Å². The number of aliphatic hydroxyl groups is 2. The second-order valence-electron chi connectivity index (χ2n) is 33.4. The van der Waals surface area contributed by atoms with Crippen LogP contribution < -0.4 is 33.2 Å². The van der Waals surface area contributed by atoms with Gasteiger partial charge in [0, 0.05) is 64.3 Å². The van der Waals surface area contributed by atoms with Crippen LogP contribution in [-0.2, 0) is 27.9 Å². The highest BCUT2D eigenvalue weighted by atomic mass is 127. The zero-order valence-corrected chi connectivity index (χ0v) is 85.0. The van der Waals surface area contributed by atoms with Crippen LogP contribution in [0.1, 0.15) is 121 Å². The van der Waals surface area contributed by atoms with E-state index in [9.17, 15) is 23.1 Å². The van der Waals surface area contributed by atoms with E-state index in [1.807, 2.05) is 23.2 Å². The standard InChI is InChI=1S/C29H54ClIN4O3Si3.C13H16ClIN4O.C11H12ClIN4O3.C8H4ClF3N4O.C6H4ClIN4.C6H5ClN4/c1-27(2,3)39(10,11)34-26-32-24(30)23-19(31)17-35(25(23)33-26)22-16-20(38-41(14,15)29(7,8)9)21(37-22)18-36-40(12,13)28(4,5)6;1-3-8-6(2)4-9(20-8)19-5-7(15)10-11(14)17-13(16)18-12(10)19;12-9-8-4(13)2-17(10(8)16-11(14)15-9)7-1-5(19)6(3-18)20-7;9-4-3-1-2-13-5(3)15-7(14-4)16-6(17)8(10,11)12;7-4-3-2(8)1-10-5(3)12-6(9)11-4;7-4-3-1-2-9-5(3)11-6(8)10-4/h17,20-22H,16,18H2,1-15H3,(H,32,33,34);5-6,8-9H,3-4H2,1-2H3,(H2,16,17,18);2,5-7,18-19H,1,3H2,(H2,14,15,16);1-2H,(H2,13,14,15,16,17);1H,(H3,9,10,11,12);1-2H,(H3,8,9,10,11)/t20-,21-,22-;6-,8-,9-;5-,6-,7-;;;/m111.../s1. The number of hydrogen-bond acceptors (Lipinski definition) is 25. The lowest BCUT2D eigenvalue weighted by Gasteiger charge is -2.40. The Morgan fingerprint density at radius 2 is 0.967 bits per heavy atom. The number of ether oxygens (including phenoxy) is 3. The molecule has 3 aliphatic rings. The summed E-state index contributed by atoms with van der Waals surface area (Å²) >= 11 is 45.2. The van der Waals surface area contributed by atoms with E-state index in [2.05, 4.69) is 291 Å². The van der Waals surface area contributed by atoms with Crippen molar-refractivity contribution in [2.24, 2.45) is 5.92 Å². The number of nitrogen functional groups attached to an aromatic ring is 4. The average molecular weight is 2300 g/mol. The van der Waals surface area contributed by atoms with E-state index in [4.69, 9.17) is 126 Å². The Morgan fingerprint density at radius 1 is 0.545 bits per heavy atom. The fourth-order valence-corrected chi connectivity index (χ4v) is 20.9. The topological polar surface area (TPSA) is 449 Å². The van der Waals surface area contributed by atoms with Gasteiger partial charge < -0.3 is 89.8 Å². The molecule has 32 nitrogen and oxygen atoms in total. The van der Waals surface area contributed by atoms with Crippen molar-refractivity contribution in [1.29, 1.82) is 0 Å². The van der Waals surface area contributed by atoms with Crippen molar-refractivity contribution in [3.63, 3.8) is 0 Å². The van der Waals surface area contributed by atoms with E-state index in [1.54, 1.807) is 22.9 Å². The smallest absolute Gasteiger partial charge is 0.414 e. The van der Waals surface area contributed by atoms with Gasteiger partial charge >= 0.3 is 12.1 Å². The Kier molecular flexibility index (Phi) is 31.6. The van der Waals surface area contributed by atoms with Crippen LogP contribution in [0.5, 0.6) is 0 Å². The molecule has 12 aromatic rings. The maximum atomic E-state index is 12.0. The molecule has 0 bridgehead atoms. The molecule has 3 saturated heterocycles. The van der Waals surface area contributed by atoms with Gasteiger partial charge in [-0.1, -0.05) is 159 Å². The normalized spacial score (nSPS) is 19.8. The van der Waals surface area contributed by atoms with Crippen molar-refractivity contribution in [2.45, 2.75) is 212 Å². The van der Waals surface area contributed by atoms with Gasteiger partial charge in [0.2, 0.25) is 35.7 Å². The molecule has 121 heavy (non-hydrogen) atoms. The second-order valence-corrected chi connectivity index (χ2v) is 54.8. The minimum Gasteiger partial charge on any atom is -0.414 e. The number of aromatic nitrogens is 18. The fraction of sp³-hybridized carbons (Fsp3) is 0.493.